The van der Waals surface area contributed by atoms with Gasteiger partial charge in [0.15, 0.2) is 5.76 Å². The number of allylic oxidation sites excluding steroid dienone is 1. The molecule has 2 rings (SSSR count). The molecule has 2 heterocycles. The quantitative estimate of drug-likeness (QED) is 0.331. The second-order valence-electron chi connectivity index (χ2n) is 8.79. The van der Waals surface area contributed by atoms with Gasteiger partial charge < -0.3 is 34.3 Å². The first-order valence-electron chi connectivity index (χ1n) is 12.3. The summed E-state index contributed by atoms with van der Waals surface area (Å²) in [5, 5.41) is 11.7. The molecule has 0 unspecified atom stereocenters. The van der Waals surface area contributed by atoms with E-state index in [9.17, 15) is 9.59 Å². The highest BCUT2D eigenvalue weighted by Gasteiger charge is 2.38. The maximum atomic E-state index is 12.8. The maximum absolute atomic E-state index is 12.8. The van der Waals surface area contributed by atoms with E-state index in [0.29, 0.717) is 64.2 Å². The maximum Gasteiger partial charge on any atom is 0.286 e. The average molecular weight is 471 g/mol. The number of hydrogen-bond donors (Lipinski definition) is 2. The molecule has 9 nitrogen and oxygen atoms in total. The zero-order valence-electron chi connectivity index (χ0n) is 20.4. The second kappa shape index (κ2) is 15.3. The Bertz CT molecular complexity index is 626. The summed E-state index contributed by atoms with van der Waals surface area (Å²) in [4.78, 5) is 26.3. The van der Waals surface area contributed by atoms with Gasteiger partial charge in [0.1, 0.15) is 0 Å². The number of nitrogens with zero attached hydrogens (tertiary/aromatic N) is 1. The Kier molecular flexibility index (Phi) is 12.8. The van der Waals surface area contributed by atoms with Crippen molar-refractivity contribution in [2.75, 3.05) is 59.3 Å². The normalized spacial score (nSPS) is 23.1. The van der Waals surface area contributed by atoms with Gasteiger partial charge >= 0.3 is 0 Å². The zero-order valence-corrected chi connectivity index (χ0v) is 20.4. The van der Waals surface area contributed by atoms with E-state index >= 15 is 0 Å². The van der Waals surface area contributed by atoms with E-state index < -0.39 is 6.29 Å². The fraction of sp³-hybridized carbons (Fsp3) is 0.833. The van der Waals surface area contributed by atoms with Crippen molar-refractivity contribution in [3.05, 3.63) is 11.8 Å². The molecule has 2 aliphatic rings. The van der Waals surface area contributed by atoms with Gasteiger partial charge in [0.05, 0.1) is 26.4 Å². The Labute approximate surface area is 197 Å². The van der Waals surface area contributed by atoms with Crippen LogP contribution >= 0.6 is 0 Å². The van der Waals surface area contributed by atoms with Gasteiger partial charge in [0.2, 0.25) is 12.2 Å². The third-order valence-electron chi connectivity index (χ3n) is 6.02. The molecule has 9 heteroatoms. The fourth-order valence-electron chi connectivity index (χ4n) is 4.30. The smallest absolute Gasteiger partial charge is 0.286 e. The number of likely N-dealkylation sites (tertiary alicyclic amines) is 1. The molecule has 0 bridgehead atoms. The van der Waals surface area contributed by atoms with E-state index in [1.807, 2.05) is 17.9 Å². The molecule has 2 aliphatic heterocycles. The number of rotatable bonds is 16. The molecule has 190 valence electrons. The Morgan fingerprint density at radius 2 is 2.03 bits per heavy atom. The summed E-state index contributed by atoms with van der Waals surface area (Å²) in [7, 11) is 0. The Hall–Kier alpha value is -1.68. The lowest BCUT2D eigenvalue weighted by molar-refractivity contribution is -0.177. The number of hydrogen-bond acceptors (Lipinski definition) is 7. The molecular weight excluding hydrogens is 428 g/mol. The lowest BCUT2D eigenvalue weighted by atomic mass is 9.79. The Morgan fingerprint density at radius 1 is 1.27 bits per heavy atom. The number of amides is 2. The highest BCUT2D eigenvalue weighted by atomic mass is 16.7. The summed E-state index contributed by atoms with van der Waals surface area (Å²) < 4.78 is 22.8. The SMILES string of the molecule is CCO[C@@H]1OC(C(=O)NCCCN2CCCC2=O)=C[C@H](C(C)C)[C@H]1CCOCCOCCO. The largest absolute Gasteiger partial charge is 0.459 e. The summed E-state index contributed by atoms with van der Waals surface area (Å²) in [6, 6.07) is 0. The van der Waals surface area contributed by atoms with Gasteiger partial charge in [0, 0.05) is 45.2 Å². The number of nitrogens with one attached hydrogen (secondary N) is 1. The van der Waals surface area contributed by atoms with Crippen LogP contribution in [0.3, 0.4) is 0 Å². The Balaban J connectivity index is 1.86. The highest BCUT2D eigenvalue weighted by molar-refractivity contribution is 5.91. The summed E-state index contributed by atoms with van der Waals surface area (Å²) >= 11 is 0. The third-order valence-corrected chi connectivity index (χ3v) is 6.02. The molecule has 2 amide bonds. The predicted molar refractivity (Wildman–Crippen MR) is 123 cm³/mol. The molecule has 2 N–H and O–H groups in total. The van der Waals surface area contributed by atoms with Crippen LogP contribution in [0.25, 0.3) is 0 Å². The molecule has 0 aromatic heterocycles. The van der Waals surface area contributed by atoms with E-state index in [1.165, 1.54) is 0 Å². The number of carbonyl (C=O) groups is 2. The predicted octanol–water partition coefficient (Wildman–Crippen LogP) is 1.70. The minimum absolute atomic E-state index is 0.00584. The number of ether oxygens (including phenoxy) is 4. The van der Waals surface area contributed by atoms with Crippen molar-refractivity contribution in [2.24, 2.45) is 17.8 Å². The van der Waals surface area contributed by atoms with Crippen LogP contribution in [0.2, 0.25) is 0 Å². The molecule has 1 fully saturated rings. The van der Waals surface area contributed by atoms with Crippen molar-refractivity contribution in [3.8, 4) is 0 Å². The van der Waals surface area contributed by atoms with Gasteiger partial charge in [0.25, 0.3) is 5.91 Å². The summed E-state index contributed by atoms with van der Waals surface area (Å²) in [6.45, 7) is 10.4. The van der Waals surface area contributed by atoms with Gasteiger partial charge in [-0.1, -0.05) is 13.8 Å². The molecule has 0 radical (unpaired) electrons. The monoisotopic (exact) mass is 470 g/mol. The van der Waals surface area contributed by atoms with Crippen molar-refractivity contribution in [3.63, 3.8) is 0 Å². The van der Waals surface area contributed by atoms with E-state index in [2.05, 4.69) is 19.2 Å². The standard InChI is InChI=1S/C24H42N2O7/c1-4-32-24-19(8-13-30-15-16-31-14-12-27)20(18(2)3)17-21(33-24)23(29)25-9-6-11-26-10-5-7-22(26)28/h17-20,24,27H,4-16H2,1-3H3,(H,25,29)/t19-,20-,24-/m1/s1. The molecule has 0 aliphatic carbocycles. The van der Waals surface area contributed by atoms with Gasteiger partial charge in [-0.25, -0.2) is 0 Å². The zero-order chi connectivity index (χ0) is 24.1. The fourth-order valence-corrected chi connectivity index (χ4v) is 4.30. The first-order valence-corrected chi connectivity index (χ1v) is 12.3. The minimum Gasteiger partial charge on any atom is -0.459 e. The first kappa shape index (κ1) is 27.6. The van der Waals surface area contributed by atoms with Crippen molar-refractivity contribution < 1.29 is 33.6 Å². The third kappa shape index (κ3) is 9.23. The van der Waals surface area contributed by atoms with Crippen LogP contribution in [0, 0.1) is 17.8 Å². The molecular formula is C24H42N2O7. The second-order valence-corrected chi connectivity index (χ2v) is 8.79. The van der Waals surface area contributed by atoms with E-state index in [0.717, 1.165) is 25.8 Å². The minimum atomic E-state index is -0.510. The molecule has 0 spiro atoms. The van der Waals surface area contributed by atoms with Gasteiger partial charge in [-0.3, -0.25) is 9.59 Å². The molecule has 0 aromatic carbocycles. The van der Waals surface area contributed by atoms with Crippen molar-refractivity contribution in [1.29, 1.82) is 0 Å². The number of aliphatic hydroxyl groups excluding tert-OH is 1. The van der Waals surface area contributed by atoms with Crippen LogP contribution in [-0.2, 0) is 28.5 Å². The van der Waals surface area contributed by atoms with Crippen LogP contribution in [0.15, 0.2) is 11.8 Å². The Morgan fingerprint density at radius 3 is 2.67 bits per heavy atom. The number of aliphatic hydroxyl groups is 1. The average Bonchev–Trinajstić information content (AvgIpc) is 3.21. The van der Waals surface area contributed by atoms with E-state index in [-0.39, 0.29) is 30.3 Å². The van der Waals surface area contributed by atoms with Gasteiger partial charge in [-0.15, -0.1) is 0 Å². The molecule has 0 aromatic rings. The van der Waals surface area contributed by atoms with Crippen LogP contribution in [0.1, 0.15) is 46.5 Å². The summed E-state index contributed by atoms with van der Waals surface area (Å²) in [5.41, 5.74) is 0. The lowest BCUT2D eigenvalue weighted by Gasteiger charge is -2.38. The molecule has 33 heavy (non-hydrogen) atoms. The molecule has 1 saturated heterocycles. The van der Waals surface area contributed by atoms with Gasteiger partial charge in [-0.2, -0.15) is 0 Å². The van der Waals surface area contributed by atoms with Crippen LogP contribution < -0.4 is 5.32 Å². The van der Waals surface area contributed by atoms with Crippen LogP contribution in [0.5, 0.6) is 0 Å². The highest BCUT2D eigenvalue weighted by Crippen LogP contribution is 2.36. The van der Waals surface area contributed by atoms with Crippen molar-refractivity contribution in [1.82, 2.24) is 10.2 Å². The van der Waals surface area contributed by atoms with Crippen molar-refractivity contribution >= 4 is 11.8 Å². The van der Waals surface area contributed by atoms with Crippen molar-refractivity contribution in [2.45, 2.75) is 52.7 Å². The van der Waals surface area contributed by atoms with Gasteiger partial charge in [-0.05, 0) is 44.1 Å². The van der Waals surface area contributed by atoms with Crippen LogP contribution in [-0.4, -0.2) is 87.4 Å². The van der Waals surface area contributed by atoms with Crippen LogP contribution in [0.4, 0.5) is 0 Å². The topological polar surface area (TPSA) is 107 Å². The molecule has 3 atom stereocenters. The molecule has 0 saturated carbocycles. The first-order chi connectivity index (χ1) is 16.0. The summed E-state index contributed by atoms with van der Waals surface area (Å²) in [5.74, 6) is 0.756. The number of carbonyl (C=O) groups excluding carboxylic acids is 2. The summed E-state index contributed by atoms with van der Waals surface area (Å²) in [6.07, 6.45) is 4.42. The lowest BCUT2D eigenvalue weighted by Crippen LogP contribution is -2.42. The van der Waals surface area contributed by atoms with E-state index in [1.54, 1.807) is 0 Å². The van der Waals surface area contributed by atoms with E-state index in [4.69, 9.17) is 24.1 Å².